The van der Waals surface area contributed by atoms with Gasteiger partial charge in [0.2, 0.25) is 5.91 Å². The lowest BCUT2D eigenvalue weighted by Crippen LogP contribution is -2.36. The van der Waals surface area contributed by atoms with Crippen LogP contribution in [0.25, 0.3) is 0 Å². The molecule has 32 heavy (non-hydrogen) atoms. The SMILES string of the molecule is O=C(CN1CCC(c2ccccc2)C(c2ccccc2)=N1)Nc1ccc(C(F)(F)F)cc1. The molecule has 4 nitrogen and oxygen atoms in total. The van der Waals surface area contributed by atoms with Crippen LogP contribution in [0.5, 0.6) is 0 Å². The minimum atomic E-state index is -4.41. The molecule has 0 saturated carbocycles. The summed E-state index contributed by atoms with van der Waals surface area (Å²) >= 11 is 0. The van der Waals surface area contributed by atoms with Crippen LogP contribution in [-0.4, -0.2) is 29.7 Å². The third kappa shape index (κ3) is 5.17. The first-order valence-electron chi connectivity index (χ1n) is 10.3. The van der Waals surface area contributed by atoms with Crippen LogP contribution in [-0.2, 0) is 11.0 Å². The Hall–Kier alpha value is -3.61. The van der Waals surface area contributed by atoms with E-state index in [4.69, 9.17) is 5.10 Å². The topological polar surface area (TPSA) is 44.7 Å². The number of nitrogens with one attached hydrogen (secondary N) is 1. The molecule has 3 aromatic rings. The van der Waals surface area contributed by atoms with E-state index in [2.05, 4.69) is 17.4 Å². The van der Waals surface area contributed by atoms with Crippen molar-refractivity contribution in [1.29, 1.82) is 0 Å². The van der Waals surface area contributed by atoms with Crippen LogP contribution in [0.1, 0.15) is 29.0 Å². The molecule has 1 aliphatic rings. The summed E-state index contributed by atoms with van der Waals surface area (Å²) in [7, 11) is 0. The van der Waals surface area contributed by atoms with Gasteiger partial charge >= 0.3 is 6.18 Å². The summed E-state index contributed by atoms with van der Waals surface area (Å²) in [6.07, 6.45) is -3.61. The van der Waals surface area contributed by atoms with E-state index in [0.29, 0.717) is 12.2 Å². The lowest BCUT2D eigenvalue weighted by atomic mass is 9.86. The predicted molar refractivity (Wildman–Crippen MR) is 118 cm³/mol. The van der Waals surface area contributed by atoms with E-state index >= 15 is 0 Å². The number of hydrogen-bond donors (Lipinski definition) is 1. The zero-order valence-electron chi connectivity index (χ0n) is 17.2. The van der Waals surface area contributed by atoms with Gasteiger partial charge in [0.1, 0.15) is 6.54 Å². The quantitative estimate of drug-likeness (QED) is 0.570. The van der Waals surface area contributed by atoms with E-state index in [0.717, 1.165) is 29.8 Å². The van der Waals surface area contributed by atoms with E-state index in [9.17, 15) is 18.0 Å². The summed E-state index contributed by atoms with van der Waals surface area (Å²) in [5, 5.41) is 9.14. The molecule has 0 bridgehead atoms. The molecule has 4 rings (SSSR count). The van der Waals surface area contributed by atoms with E-state index in [1.807, 2.05) is 48.5 Å². The number of halogens is 3. The predicted octanol–water partition coefficient (Wildman–Crippen LogP) is 5.54. The number of rotatable bonds is 5. The molecule has 0 radical (unpaired) electrons. The summed E-state index contributed by atoms with van der Waals surface area (Å²) in [4.78, 5) is 12.5. The van der Waals surface area contributed by atoms with Crippen molar-refractivity contribution in [3.63, 3.8) is 0 Å². The molecule has 0 spiro atoms. The van der Waals surface area contributed by atoms with E-state index < -0.39 is 11.7 Å². The van der Waals surface area contributed by atoms with Crippen molar-refractivity contribution in [3.05, 3.63) is 102 Å². The highest BCUT2D eigenvalue weighted by Crippen LogP contribution is 2.31. The molecular formula is C25H22F3N3O. The maximum atomic E-state index is 12.7. The van der Waals surface area contributed by atoms with Crippen molar-refractivity contribution in [2.75, 3.05) is 18.4 Å². The first-order valence-corrected chi connectivity index (χ1v) is 10.3. The molecule has 0 aromatic heterocycles. The Labute approximate surface area is 184 Å². The van der Waals surface area contributed by atoms with Crippen LogP contribution in [0, 0.1) is 0 Å². The van der Waals surface area contributed by atoms with Crippen molar-refractivity contribution >= 4 is 17.3 Å². The fraction of sp³-hybridized carbons (Fsp3) is 0.200. The Morgan fingerprint density at radius 1 is 0.938 bits per heavy atom. The molecule has 1 amide bonds. The molecular weight excluding hydrogens is 415 g/mol. The zero-order valence-corrected chi connectivity index (χ0v) is 17.2. The van der Waals surface area contributed by atoms with Gasteiger partial charge in [0.25, 0.3) is 0 Å². The van der Waals surface area contributed by atoms with Gasteiger partial charge < -0.3 is 5.32 Å². The summed E-state index contributed by atoms with van der Waals surface area (Å²) in [6, 6.07) is 24.4. The molecule has 164 valence electrons. The molecule has 0 aliphatic carbocycles. The van der Waals surface area contributed by atoms with Gasteiger partial charge in [0.05, 0.1) is 11.3 Å². The highest BCUT2D eigenvalue weighted by molar-refractivity contribution is 6.05. The van der Waals surface area contributed by atoms with Crippen LogP contribution in [0.3, 0.4) is 0 Å². The fourth-order valence-electron chi connectivity index (χ4n) is 3.79. The Morgan fingerprint density at radius 2 is 1.56 bits per heavy atom. The number of hydrogen-bond acceptors (Lipinski definition) is 3. The monoisotopic (exact) mass is 437 g/mol. The van der Waals surface area contributed by atoms with Crippen molar-refractivity contribution in [2.24, 2.45) is 5.10 Å². The fourth-order valence-corrected chi connectivity index (χ4v) is 3.79. The van der Waals surface area contributed by atoms with Crippen LogP contribution in [0.4, 0.5) is 18.9 Å². The number of carbonyl (C=O) groups is 1. The van der Waals surface area contributed by atoms with E-state index in [1.54, 1.807) is 5.01 Å². The molecule has 1 aliphatic heterocycles. The largest absolute Gasteiger partial charge is 0.416 e. The number of anilines is 1. The first kappa shape index (κ1) is 21.6. The van der Waals surface area contributed by atoms with Gasteiger partial charge in [-0.3, -0.25) is 9.80 Å². The number of benzene rings is 3. The normalized spacial score (nSPS) is 16.4. The average Bonchev–Trinajstić information content (AvgIpc) is 2.80. The van der Waals surface area contributed by atoms with Crippen LogP contribution < -0.4 is 5.32 Å². The zero-order chi connectivity index (χ0) is 22.6. The van der Waals surface area contributed by atoms with Crippen molar-refractivity contribution < 1.29 is 18.0 Å². The molecule has 1 heterocycles. The highest BCUT2D eigenvalue weighted by Gasteiger charge is 2.30. The maximum absolute atomic E-state index is 12.7. The number of carbonyl (C=O) groups excluding carboxylic acids is 1. The number of amides is 1. The molecule has 0 saturated heterocycles. The van der Waals surface area contributed by atoms with Crippen LogP contribution >= 0.6 is 0 Å². The van der Waals surface area contributed by atoms with Crippen molar-refractivity contribution in [1.82, 2.24) is 5.01 Å². The molecule has 1 unspecified atom stereocenters. The van der Waals surface area contributed by atoms with Gasteiger partial charge in [0, 0.05) is 18.2 Å². The van der Waals surface area contributed by atoms with Crippen molar-refractivity contribution in [2.45, 2.75) is 18.5 Å². The third-order valence-corrected chi connectivity index (χ3v) is 5.35. The maximum Gasteiger partial charge on any atom is 0.416 e. The third-order valence-electron chi connectivity index (χ3n) is 5.35. The lowest BCUT2D eigenvalue weighted by Gasteiger charge is -2.31. The minimum Gasteiger partial charge on any atom is -0.324 e. The second-order valence-electron chi connectivity index (χ2n) is 7.61. The molecule has 1 atom stereocenters. The molecule has 0 fully saturated rings. The first-order chi connectivity index (χ1) is 15.4. The van der Waals surface area contributed by atoms with Gasteiger partial charge in [-0.15, -0.1) is 0 Å². The second-order valence-corrected chi connectivity index (χ2v) is 7.61. The molecule has 7 heteroatoms. The summed E-state index contributed by atoms with van der Waals surface area (Å²) < 4.78 is 38.1. The average molecular weight is 437 g/mol. The lowest BCUT2D eigenvalue weighted by molar-refractivity contribution is -0.137. The van der Waals surface area contributed by atoms with Gasteiger partial charge in [-0.05, 0) is 41.8 Å². The Balaban J connectivity index is 1.49. The van der Waals surface area contributed by atoms with Crippen LogP contribution in [0.15, 0.2) is 90.0 Å². The standard InChI is InChI=1S/C25H22F3N3O/c26-25(27,28)20-11-13-21(14-12-20)29-23(32)17-31-16-15-22(18-7-3-1-4-8-18)24(30-31)19-9-5-2-6-10-19/h1-14,22H,15-17H2,(H,29,32). The number of hydrazone groups is 1. The van der Waals surface area contributed by atoms with Gasteiger partial charge in [-0.2, -0.15) is 18.3 Å². The Bertz CT molecular complexity index is 1080. The minimum absolute atomic E-state index is 0.0128. The summed E-state index contributed by atoms with van der Waals surface area (Å²) in [6.45, 7) is 0.606. The van der Waals surface area contributed by atoms with E-state index in [1.165, 1.54) is 17.7 Å². The number of nitrogens with zero attached hydrogens (tertiary/aromatic N) is 2. The van der Waals surface area contributed by atoms with Gasteiger partial charge in [-0.1, -0.05) is 60.7 Å². The number of alkyl halides is 3. The van der Waals surface area contributed by atoms with Gasteiger partial charge in [-0.25, -0.2) is 0 Å². The van der Waals surface area contributed by atoms with E-state index in [-0.39, 0.29) is 18.4 Å². The highest BCUT2D eigenvalue weighted by atomic mass is 19.4. The molecule has 1 N–H and O–H groups in total. The van der Waals surface area contributed by atoms with Crippen molar-refractivity contribution in [3.8, 4) is 0 Å². The smallest absolute Gasteiger partial charge is 0.324 e. The second kappa shape index (κ2) is 9.26. The summed E-state index contributed by atoms with van der Waals surface area (Å²) in [5.41, 5.74) is 2.62. The van der Waals surface area contributed by atoms with Gasteiger partial charge in [0.15, 0.2) is 0 Å². The summed E-state index contributed by atoms with van der Waals surface area (Å²) in [5.74, 6) is -0.216. The van der Waals surface area contributed by atoms with Crippen LogP contribution in [0.2, 0.25) is 0 Å². The molecule has 3 aromatic carbocycles. The Morgan fingerprint density at radius 3 is 2.19 bits per heavy atom. The Kier molecular flexibility index (Phi) is 6.25.